The molecular weight excluding hydrogens is 498 g/mol. The van der Waals surface area contributed by atoms with Crippen LogP contribution in [0.1, 0.15) is 72.1 Å². The SMILES string of the molecule is CNC(=O)c1cc(C(=O)CCCC2OCC(N3C(=O)c4ccccc4C3=O)CO2)cc(Cc2ccccc2)n1. The Morgan fingerprint density at radius 2 is 1.59 bits per heavy atom. The Labute approximate surface area is 226 Å². The quantitative estimate of drug-likeness (QED) is 0.335. The zero-order valence-electron chi connectivity index (χ0n) is 21.6. The molecule has 0 aliphatic carbocycles. The first-order valence-electron chi connectivity index (χ1n) is 12.9. The van der Waals surface area contributed by atoms with E-state index in [0.29, 0.717) is 41.6 Å². The third kappa shape index (κ3) is 5.79. The molecule has 0 bridgehead atoms. The van der Waals surface area contributed by atoms with Crippen LogP contribution in [0.5, 0.6) is 0 Å². The number of hydrogen-bond acceptors (Lipinski definition) is 7. The number of aromatic nitrogens is 1. The van der Waals surface area contributed by atoms with E-state index in [1.807, 2.05) is 30.3 Å². The molecule has 2 aromatic carbocycles. The van der Waals surface area contributed by atoms with Crippen molar-refractivity contribution < 1.29 is 28.7 Å². The minimum Gasteiger partial charge on any atom is -0.354 e. The van der Waals surface area contributed by atoms with E-state index in [2.05, 4.69) is 10.3 Å². The van der Waals surface area contributed by atoms with Gasteiger partial charge in [-0.3, -0.25) is 24.1 Å². The molecule has 9 heteroatoms. The summed E-state index contributed by atoms with van der Waals surface area (Å²) in [5, 5.41) is 2.57. The van der Waals surface area contributed by atoms with Crippen LogP contribution < -0.4 is 5.32 Å². The summed E-state index contributed by atoms with van der Waals surface area (Å²) in [5.74, 6) is -1.12. The van der Waals surface area contributed by atoms with Crippen molar-refractivity contribution in [2.24, 2.45) is 0 Å². The van der Waals surface area contributed by atoms with E-state index in [4.69, 9.17) is 9.47 Å². The van der Waals surface area contributed by atoms with Gasteiger partial charge < -0.3 is 14.8 Å². The number of ether oxygens (including phenoxy) is 2. The Hall–Kier alpha value is -4.21. The number of Topliss-reactive ketones (excluding diaryl/α,β-unsaturated/α-hetero) is 1. The lowest BCUT2D eigenvalue weighted by atomic mass is 10.0. The molecule has 5 rings (SSSR count). The molecule has 200 valence electrons. The number of imide groups is 1. The molecule has 1 fully saturated rings. The average molecular weight is 528 g/mol. The van der Waals surface area contributed by atoms with Gasteiger partial charge in [-0.25, -0.2) is 4.98 Å². The van der Waals surface area contributed by atoms with E-state index in [-0.39, 0.29) is 48.8 Å². The van der Waals surface area contributed by atoms with Crippen LogP contribution in [0.2, 0.25) is 0 Å². The average Bonchev–Trinajstić information content (AvgIpc) is 3.22. The Morgan fingerprint density at radius 3 is 2.23 bits per heavy atom. The summed E-state index contributed by atoms with van der Waals surface area (Å²) in [6.07, 6.45) is 1.20. The Balaban J connectivity index is 1.15. The highest BCUT2D eigenvalue weighted by Gasteiger charge is 2.41. The monoisotopic (exact) mass is 527 g/mol. The molecule has 0 radical (unpaired) electrons. The van der Waals surface area contributed by atoms with Crippen molar-refractivity contribution in [1.29, 1.82) is 0 Å². The number of fused-ring (bicyclic) bond motifs is 1. The molecule has 1 N–H and O–H groups in total. The molecule has 0 saturated carbocycles. The number of hydrogen-bond donors (Lipinski definition) is 1. The van der Waals surface area contributed by atoms with Crippen LogP contribution in [0.3, 0.4) is 0 Å². The van der Waals surface area contributed by atoms with E-state index in [9.17, 15) is 19.2 Å². The van der Waals surface area contributed by atoms with Crippen molar-refractivity contribution in [3.05, 3.63) is 100 Å². The highest BCUT2D eigenvalue weighted by Crippen LogP contribution is 2.27. The first-order valence-corrected chi connectivity index (χ1v) is 12.9. The van der Waals surface area contributed by atoms with Gasteiger partial charge in [0.2, 0.25) is 0 Å². The summed E-state index contributed by atoms with van der Waals surface area (Å²) >= 11 is 0. The molecular formula is C30H29N3O6. The number of carbonyl (C=O) groups excluding carboxylic acids is 4. The molecule has 39 heavy (non-hydrogen) atoms. The number of nitrogens with one attached hydrogen (secondary N) is 1. The van der Waals surface area contributed by atoms with Crippen LogP contribution in [-0.2, 0) is 15.9 Å². The second-order valence-corrected chi connectivity index (χ2v) is 9.57. The van der Waals surface area contributed by atoms with Crippen LogP contribution in [0, 0.1) is 0 Å². The van der Waals surface area contributed by atoms with Gasteiger partial charge in [0.1, 0.15) is 5.69 Å². The van der Waals surface area contributed by atoms with Crippen molar-refractivity contribution >= 4 is 23.5 Å². The molecule has 9 nitrogen and oxygen atoms in total. The fourth-order valence-electron chi connectivity index (χ4n) is 4.85. The summed E-state index contributed by atoms with van der Waals surface area (Å²) in [4.78, 5) is 56.4. The highest BCUT2D eigenvalue weighted by molar-refractivity contribution is 6.21. The number of pyridine rings is 1. The van der Waals surface area contributed by atoms with Gasteiger partial charge in [0.15, 0.2) is 12.1 Å². The number of benzene rings is 2. The lowest BCUT2D eigenvalue weighted by Crippen LogP contribution is -2.49. The van der Waals surface area contributed by atoms with Crippen molar-refractivity contribution in [3.63, 3.8) is 0 Å². The van der Waals surface area contributed by atoms with Crippen molar-refractivity contribution in [2.75, 3.05) is 20.3 Å². The lowest BCUT2D eigenvalue weighted by molar-refractivity contribution is -0.199. The van der Waals surface area contributed by atoms with Crippen molar-refractivity contribution in [2.45, 2.75) is 38.0 Å². The summed E-state index contributed by atoms with van der Waals surface area (Å²) in [6.45, 7) is 0.347. The highest BCUT2D eigenvalue weighted by atomic mass is 16.7. The van der Waals surface area contributed by atoms with Crippen molar-refractivity contribution in [3.8, 4) is 0 Å². The summed E-state index contributed by atoms with van der Waals surface area (Å²) in [7, 11) is 1.53. The maximum Gasteiger partial charge on any atom is 0.269 e. The lowest BCUT2D eigenvalue weighted by Gasteiger charge is -2.33. The van der Waals surface area contributed by atoms with Gasteiger partial charge in [-0.2, -0.15) is 0 Å². The maximum atomic E-state index is 13.0. The first kappa shape index (κ1) is 26.4. The third-order valence-corrected chi connectivity index (χ3v) is 6.87. The number of amides is 3. The molecule has 0 atom stereocenters. The number of nitrogens with zero attached hydrogens (tertiary/aromatic N) is 2. The van der Waals surface area contributed by atoms with Gasteiger partial charge >= 0.3 is 0 Å². The molecule has 2 aliphatic heterocycles. The van der Waals surface area contributed by atoms with Gasteiger partial charge in [0, 0.05) is 31.1 Å². The summed E-state index contributed by atoms with van der Waals surface area (Å²) in [6, 6.07) is 19.2. The predicted octanol–water partition coefficient (Wildman–Crippen LogP) is 3.42. The molecule has 3 heterocycles. The van der Waals surface area contributed by atoms with Gasteiger partial charge in [-0.15, -0.1) is 0 Å². The molecule has 0 spiro atoms. The van der Waals surface area contributed by atoms with E-state index < -0.39 is 12.3 Å². The van der Waals surface area contributed by atoms with Crippen LogP contribution >= 0.6 is 0 Å². The van der Waals surface area contributed by atoms with E-state index in [1.165, 1.54) is 18.0 Å². The fourth-order valence-corrected chi connectivity index (χ4v) is 4.85. The predicted molar refractivity (Wildman–Crippen MR) is 141 cm³/mol. The molecule has 3 amide bonds. The van der Waals surface area contributed by atoms with Crippen LogP contribution in [0.15, 0.2) is 66.7 Å². The van der Waals surface area contributed by atoms with Gasteiger partial charge in [0.25, 0.3) is 17.7 Å². The van der Waals surface area contributed by atoms with E-state index in [0.717, 1.165) is 5.56 Å². The molecule has 0 unspecified atom stereocenters. The normalized spacial score (nSPS) is 18.6. The largest absolute Gasteiger partial charge is 0.354 e. The molecule has 3 aromatic rings. The minimum absolute atomic E-state index is 0.100. The first-order chi connectivity index (χ1) is 18.9. The van der Waals surface area contributed by atoms with Crippen LogP contribution in [0.4, 0.5) is 0 Å². The molecule has 1 saturated heterocycles. The Bertz CT molecular complexity index is 1360. The van der Waals surface area contributed by atoms with E-state index in [1.54, 1.807) is 30.3 Å². The summed E-state index contributed by atoms with van der Waals surface area (Å²) < 4.78 is 11.6. The molecule has 2 aliphatic rings. The van der Waals surface area contributed by atoms with E-state index >= 15 is 0 Å². The molecule has 1 aromatic heterocycles. The van der Waals surface area contributed by atoms with Gasteiger partial charge in [-0.1, -0.05) is 42.5 Å². The zero-order chi connectivity index (χ0) is 27.4. The summed E-state index contributed by atoms with van der Waals surface area (Å²) in [5.41, 5.74) is 3.10. The fraction of sp³-hybridized carbons (Fsp3) is 0.300. The second kappa shape index (κ2) is 11.7. The smallest absolute Gasteiger partial charge is 0.269 e. The van der Waals surface area contributed by atoms with Crippen LogP contribution in [-0.4, -0.2) is 66.0 Å². The standard InChI is InChI=1S/C30H29N3O6/c1-31-28(35)25-16-20(15-21(32-25)14-19-8-3-2-4-9-19)26(34)12-7-13-27-38-17-22(18-39-27)33-29(36)23-10-5-6-11-24(23)30(33)37/h2-6,8-11,15-16,22,27H,7,12-14,17-18H2,1H3,(H,31,35). The Morgan fingerprint density at radius 1 is 0.949 bits per heavy atom. The maximum absolute atomic E-state index is 13.0. The number of carbonyl (C=O) groups is 4. The number of rotatable bonds is 9. The number of ketones is 1. The third-order valence-electron chi connectivity index (χ3n) is 6.87. The van der Waals surface area contributed by atoms with Gasteiger partial charge in [-0.05, 0) is 42.7 Å². The topological polar surface area (TPSA) is 115 Å². The minimum atomic E-state index is -0.531. The van der Waals surface area contributed by atoms with Crippen molar-refractivity contribution in [1.82, 2.24) is 15.2 Å². The second-order valence-electron chi connectivity index (χ2n) is 9.57. The van der Waals surface area contributed by atoms with Crippen LogP contribution in [0.25, 0.3) is 0 Å². The Kier molecular flexibility index (Phi) is 7.90. The zero-order valence-corrected chi connectivity index (χ0v) is 21.6. The van der Waals surface area contributed by atoms with Gasteiger partial charge in [0.05, 0.1) is 30.4 Å².